The standard InChI is InChI=1S/C19H27N7OS.HI/c1-4-16-23-19(28-24-16)26-10-8-25(9-11-26)18(21-3)22-13-14-6-5-7-15(12-14)17(27)20-2;/h5-7,12H,4,8-11,13H2,1-3H3,(H,20,27)(H,21,22);1H. The molecule has 29 heavy (non-hydrogen) atoms. The van der Waals surface area contributed by atoms with E-state index in [0.29, 0.717) is 12.1 Å². The van der Waals surface area contributed by atoms with Crippen LogP contribution in [0.2, 0.25) is 0 Å². The number of nitrogens with zero attached hydrogens (tertiary/aromatic N) is 5. The average molecular weight is 529 g/mol. The molecule has 0 saturated carbocycles. The van der Waals surface area contributed by atoms with E-state index in [1.165, 1.54) is 11.5 Å². The van der Waals surface area contributed by atoms with E-state index in [9.17, 15) is 4.79 Å². The number of anilines is 1. The van der Waals surface area contributed by atoms with Crippen LogP contribution in [0.4, 0.5) is 5.13 Å². The number of aryl methyl sites for hydroxylation is 1. The van der Waals surface area contributed by atoms with E-state index >= 15 is 0 Å². The number of carbonyl (C=O) groups excluding carboxylic acids is 1. The van der Waals surface area contributed by atoms with Gasteiger partial charge in [0.1, 0.15) is 5.82 Å². The molecule has 2 heterocycles. The smallest absolute Gasteiger partial charge is 0.251 e. The van der Waals surface area contributed by atoms with Gasteiger partial charge in [0.25, 0.3) is 5.91 Å². The van der Waals surface area contributed by atoms with Gasteiger partial charge in [0.2, 0.25) is 5.13 Å². The Labute approximate surface area is 193 Å². The highest BCUT2D eigenvalue weighted by molar-refractivity contribution is 14.0. The molecule has 2 N–H and O–H groups in total. The van der Waals surface area contributed by atoms with Gasteiger partial charge in [-0.15, -0.1) is 24.0 Å². The molecule has 0 atom stereocenters. The van der Waals surface area contributed by atoms with E-state index in [4.69, 9.17) is 0 Å². The normalized spacial score (nSPS) is 14.4. The lowest BCUT2D eigenvalue weighted by Crippen LogP contribution is -2.52. The molecule has 1 amide bonds. The lowest BCUT2D eigenvalue weighted by molar-refractivity contribution is 0.0963. The number of benzene rings is 1. The molecule has 3 rings (SSSR count). The molecule has 0 aliphatic carbocycles. The summed E-state index contributed by atoms with van der Waals surface area (Å²) in [5.74, 6) is 1.71. The van der Waals surface area contributed by atoms with Gasteiger partial charge in [-0.25, -0.2) is 4.98 Å². The van der Waals surface area contributed by atoms with Gasteiger partial charge in [0, 0.05) is 70.3 Å². The summed E-state index contributed by atoms with van der Waals surface area (Å²) in [6.07, 6.45) is 0.869. The van der Waals surface area contributed by atoms with Crippen LogP contribution in [0, 0.1) is 0 Å². The second kappa shape index (κ2) is 11.3. The summed E-state index contributed by atoms with van der Waals surface area (Å²) in [5.41, 5.74) is 1.70. The van der Waals surface area contributed by atoms with Crippen molar-refractivity contribution >= 4 is 52.5 Å². The Morgan fingerprint density at radius 2 is 2.03 bits per heavy atom. The van der Waals surface area contributed by atoms with E-state index in [0.717, 1.165) is 55.1 Å². The lowest BCUT2D eigenvalue weighted by Gasteiger charge is -2.36. The summed E-state index contributed by atoms with van der Waals surface area (Å²) in [5, 5.41) is 7.07. The van der Waals surface area contributed by atoms with Crippen molar-refractivity contribution in [2.45, 2.75) is 19.9 Å². The van der Waals surface area contributed by atoms with Gasteiger partial charge in [0.15, 0.2) is 5.96 Å². The Morgan fingerprint density at radius 3 is 2.66 bits per heavy atom. The quantitative estimate of drug-likeness (QED) is 0.350. The molecule has 1 aliphatic rings. The van der Waals surface area contributed by atoms with Crippen molar-refractivity contribution in [3.63, 3.8) is 0 Å². The largest absolute Gasteiger partial charge is 0.355 e. The predicted molar refractivity (Wildman–Crippen MR) is 129 cm³/mol. The van der Waals surface area contributed by atoms with Crippen molar-refractivity contribution < 1.29 is 4.79 Å². The Morgan fingerprint density at radius 1 is 1.28 bits per heavy atom. The van der Waals surface area contributed by atoms with Crippen LogP contribution < -0.4 is 15.5 Å². The topological polar surface area (TPSA) is 85.8 Å². The molecule has 1 aromatic heterocycles. The number of carbonyl (C=O) groups is 1. The Kier molecular flexibility index (Phi) is 9.08. The number of hydrogen-bond acceptors (Lipinski definition) is 6. The van der Waals surface area contributed by atoms with Crippen LogP contribution in [-0.2, 0) is 13.0 Å². The minimum atomic E-state index is -0.0785. The molecule has 1 aromatic carbocycles. The van der Waals surface area contributed by atoms with Crippen LogP contribution in [0.25, 0.3) is 0 Å². The molecule has 0 unspecified atom stereocenters. The number of aromatic nitrogens is 2. The van der Waals surface area contributed by atoms with Crippen LogP contribution in [0.3, 0.4) is 0 Å². The zero-order valence-electron chi connectivity index (χ0n) is 17.0. The fraction of sp³-hybridized carbons (Fsp3) is 0.474. The number of aliphatic imine (C=N–C) groups is 1. The zero-order valence-corrected chi connectivity index (χ0v) is 20.2. The number of amides is 1. The molecule has 1 saturated heterocycles. The van der Waals surface area contributed by atoms with E-state index in [-0.39, 0.29) is 29.9 Å². The molecule has 2 aromatic rings. The summed E-state index contributed by atoms with van der Waals surface area (Å²) in [6.45, 7) is 6.23. The van der Waals surface area contributed by atoms with Gasteiger partial charge >= 0.3 is 0 Å². The summed E-state index contributed by atoms with van der Waals surface area (Å²) < 4.78 is 4.38. The maximum atomic E-state index is 11.8. The van der Waals surface area contributed by atoms with Crippen molar-refractivity contribution in [2.24, 2.45) is 4.99 Å². The van der Waals surface area contributed by atoms with Gasteiger partial charge in [-0.1, -0.05) is 19.1 Å². The van der Waals surface area contributed by atoms with Crippen molar-refractivity contribution in [3.8, 4) is 0 Å². The molecule has 0 bridgehead atoms. The molecule has 158 valence electrons. The number of hydrogen-bond donors (Lipinski definition) is 2. The summed E-state index contributed by atoms with van der Waals surface area (Å²) in [4.78, 5) is 25.3. The maximum Gasteiger partial charge on any atom is 0.251 e. The Balaban J connectivity index is 0.00000300. The monoisotopic (exact) mass is 529 g/mol. The number of nitrogens with one attached hydrogen (secondary N) is 2. The van der Waals surface area contributed by atoms with E-state index < -0.39 is 0 Å². The zero-order chi connectivity index (χ0) is 19.9. The highest BCUT2D eigenvalue weighted by Crippen LogP contribution is 2.19. The fourth-order valence-electron chi connectivity index (χ4n) is 3.11. The second-order valence-electron chi connectivity index (χ2n) is 6.50. The van der Waals surface area contributed by atoms with E-state index in [2.05, 4.69) is 41.7 Å². The third kappa shape index (κ3) is 6.01. The van der Waals surface area contributed by atoms with E-state index in [1.807, 2.05) is 24.3 Å². The van der Waals surface area contributed by atoms with Crippen LogP contribution in [0.15, 0.2) is 29.3 Å². The van der Waals surface area contributed by atoms with Crippen molar-refractivity contribution in [1.82, 2.24) is 24.9 Å². The Hall–Kier alpha value is -1.95. The highest BCUT2D eigenvalue weighted by atomic mass is 127. The van der Waals surface area contributed by atoms with Crippen LogP contribution >= 0.6 is 35.5 Å². The predicted octanol–water partition coefficient (Wildman–Crippen LogP) is 1.98. The molecule has 0 spiro atoms. The SMILES string of the molecule is CCc1nsc(N2CCN(C(=NC)NCc3cccc(C(=O)NC)c3)CC2)n1.I. The van der Waals surface area contributed by atoms with Crippen molar-refractivity contribution in [2.75, 3.05) is 45.2 Å². The van der Waals surface area contributed by atoms with Crippen LogP contribution in [-0.4, -0.2) is 66.4 Å². The van der Waals surface area contributed by atoms with Crippen LogP contribution in [0.5, 0.6) is 0 Å². The third-order valence-electron chi connectivity index (χ3n) is 4.70. The van der Waals surface area contributed by atoms with E-state index in [1.54, 1.807) is 14.1 Å². The first kappa shape index (κ1) is 23.3. The van der Waals surface area contributed by atoms with Gasteiger partial charge in [-0.05, 0) is 17.7 Å². The molecule has 1 aliphatic heterocycles. The molecule has 10 heteroatoms. The van der Waals surface area contributed by atoms with Crippen LogP contribution in [0.1, 0.15) is 28.7 Å². The molecule has 0 radical (unpaired) electrons. The molecule has 1 fully saturated rings. The fourth-order valence-corrected chi connectivity index (χ4v) is 3.91. The summed E-state index contributed by atoms with van der Waals surface area (Å²) >= 11 is 1.48. The van der Waals surface area contributed by atoms with Gasteiger partial charge in [0.05, 0.1) is 0 Å². The third-order valence-corrected chi connectivity index (χ3v) is 5.52. The summed E-state index contributed by atoms with van der Waals surface area (Å²) in [7, 11) is 3.44. The van der Waals surface area contributed by atoms with Crippen molar-refractivity contribution in [1.29, 1.82) is 0 Å². The number of piperazine rings is 1. The molecular formula is C19H28IN7OS. The molecular weight excluding hydrogens is 501 g/mol. The first-order valence-corrected chi connectivity index (χ1v) is 10.3. The first-order chi connectivity index (χ1) is 13.6. The highest BCUT2D eigenvalue weighted by Gasteiger charge is 2.22. The second-order valence-corrected chi connectivity index (χ2v) is 7.23. The number of guanidine groups is 1. The number of rotatable bonds is 5. The minimum Gasteiger partial charge on any atom is -0.355 e. The average Bonchev–Trinajstić information content (AvgIpc) is 3.23. The van der Waals surface area contributed by atoms with Gasteiger partial charge in [-0.2, -0.15) is 4.37 Å². The Bertz CT molecular complexity index is 833. The summed E-state index contributed by atoms with van der Waals surface area (Å²) in [6, 6.07) is 7.62. The first-order valence-electron chi connectivity index (χ1n) is 9.48. The lowest BCUT2D eigenvalue weighted by atomic mass is 10.1. The minimum absolute atomic E-state index is 0. The van der Waals surface area contributed by atoms with Gasteiger partial charge < -0.3 is 20.4 Å². The van der Waals surface area contributed by atoms with Gasteiger partial charge in [-0.3, -0.25) is 9.79 Å². The molecule has 8 nitrogen and oxygen atoms in total. The maximum absolute atomic E-state index is 11.8. The van der Waals surface area contributed by atoms with Crippen molar-refractivity contribution in [3.05, 3.63) is 41.2 Å². The number of halogens is 1.